The summed E-state index contributed by atoms with van der Waals surface area (Å²) >= 11 is 6.34. The third-order valence-corrected chi connectivity index (χ3v) is 7.49. The van der Waals surface area contributed by atoms with Crippen molar-refractivity contribution in [2.45, 2.75) is 76.2 Å². The predicted octanol–water partition coefficient (Wildman–Crippen LogP) is 5.11. The molecule has 0 aromatic heterocycles. The monoisotopic (exact) mass is 472 g/mol. The van der Waals surface area contributed by atoms with Crippen molar-refractivity contribution in [3.63, 3.8) is 0 Å². The maximum absolute atomic E-state index is 11.8. The Balaban J connectivity index is 0.00000272. The summed E-state index contributed by atoms with van der Waals surface area (Å²) in [6, 6.07) is 2.37. The van der Waals surface area contributed by atoms with E-state index in [1.165, 1.54) is 44.9 Å². The van der Waals surface area contributed by atoms with Crippen molar-refractivity contribution in [3.05, 3.63) is 22.2 Å². The average Bonchev–Trinajstić information content (AvgIpc) is 2.76. The molecule has 1 saturated heterocycles. The Morgan fingerprint density at radius 1 is 1.19 bits per heavy atom. The van der Waals surface area contributed by atoms with Crippen LogP contribution in [0.3, 0.4) is 0 Å². The Morgan fingerprint density at radius 2 is 1.97 bits per heavy atom. The lowest BCUT2D eigenvalue weighted by molar-refractivity contribution is -0.222. The van der Waals surface area contributed by atoms with E-state index in [2.05, 4.69) is 5.32 Å². The zero-order chi connectivity index (χ0) is 21.1. The highest BCUT2D eigenvalue weighted by Gasteiger charge is 2.35. The van der Waals surface area contributed by atoms with Gasteiger partial charge in [0, 0.05) is 11.6 Å². The number of nitrogens with two attached hydrogens (primary N) is 1. The fraction of sp³-hybridized carbons (Fsp3) is 0.696. The van der Waals surface area contributed by atoms with Gasteiger partial charge in [-0.2, -0.15) is 4.89 Å². The van der Waals surface area contributed by atoms with E-state index in [9.17, 15) is 9.90 Å². The molecule has 1 aliphatic carbocycles. The van der Waals surface area contributed by atoms with Crippen LogP contribution < -0.4 is 15.9 Å². The van der Waals surface area contributed by atoms with Gasteiger partial charge in [-0.1, -0.05) is 43.7 Å². The molecule has 3 aliphatic rings. The quantitative estimate of drug-likeness (QED) is 0.393. The second-order valence-electron chi connectivity index (χ2n) is 9.26. The molecule has 0 spiro atoms. The molecule has 8 heteroatoms. The Kier molecular flexibility index (Phi) is 8.74. The highest BCUT2D eigenvalue weighted by molar-refractivity contribution is 6.33. The van der Waals surface area contributed by atoms with Gasteiger partial charge in [-0.05, 0) is 62.1 Å². The van der Waals surface area contributed by atoms with Crippen LogP contribution in [0.15, 0.2) is 6.07 Å². The number of halogens is 2. The van der Waals surface area contributed by atoms with Gasteiger partial charge in [-0.15, -0.1) is 12.4 Å². The lowest BCUT2D eigenvalue weighted by Crippen LogP contribution is -2.39. The molecular weight excluding hydrogens is 439 g/mol. The number of rotatable bonds is 6. The van der Waals surface area contributed by atoms with Gasteiger partial charge in [-0.25, -0.2) is 0 Å². The SMILES string of the molecule is Cl.Nc1c(Cl)cc(CC2CCNC(CCC3CCCCC3)C2)c2c1OOCC2C(=O)O. The van der Waals surface area contributed by atoms with Gasteiger partial charge in [0.1, 0.15) is 12.5 Å². The van der Waals surface area contributed by atoms with E-state index in [-0.39, 0.29) is 30.5 Å². The van der Waals surface area contributed by atoms with Crippen molar-refractivity contribution < 1.29 is 19.7 Å². The Hall–Kier alpha value is -1.21. The van der Waals surface area contributed by atoms with Crippen LogP contribution in [0, 0.1) is 11.8 Å². The number of hydrogen-bond donors (Lipinski definition) is 3. The fourth-order valence-corrected chi connectivity index (χ4v) is 5.73. The third kappa shape index (κ3) is 5.78. The molecule has 6 nitrogen and oxygen atoms in total. The largest absolute Gasteiger partial charge is 0.481 e. The summed E-state index contributed by atoms with van der Waals surface area (Å²) in [5.74, 6) is -0.0507. The van der Waals surface area contributed by atoms with Crippen LogP contribution >= 0.6 is 24.0 Å². The second kappa shape index (κ2) is 11.1. The number of aliphatic carboxylic acids is 1. The predicted molar refractivity (Wildman–Crippen MR) is 124 cm³/mol. The maximum atomic E-state index is 11.8. The minimum absolute atomic E-state index is 0. The molecule has 2 fully saturated rings. The van der Waals surface area contributed by atoms with Gasteiger partial charge >= 0.3 is 5.97 Å². The average molecular weight is 473 g/mol. The molecule has 3 unspecified atom stereocenters. The van der Waals surface area contributed by atoms with Crippen LogP contribution in [0.5, 0.6) is 5.75 Å². The first-order valence-corrected chi connectivity index (χ1v) is 11.8. The smallest absolute Gasteiger partial charge is 0.313 e. The number of anilines is 1. The molecule has 31 heavy (non-hydrogen) atoms. The molecule has 1 aromatic rings. The van der Waals surface area contributed by atoms with Crippen LogP contribution in [-0.2, 0) is 16.1 Å². The number of hydrogen-bond acceptors (Lipinski definition) is 5. The van der Waals surface area contributed by atoms with Crippen LogP contribution in [-0.4, -0.2) is 30.3 Å². The van der Waals surface area contributed by atoms with Crippen LogP contribution in [0.25, 0.3) is 0 Å². The zero-order valence-corrected chi connectivity index (χ0v) is 19.5. The summed E-state index contributed by atoms with van der Waals surface area (Å²) in [6.07, 6.45) is 12.5. The highest BCUT2D eigenvalue weighted by Crippen LogP contribution is 2.44. The van der Waals surface area contributed by atoms with Gasteiger partial charge in [0.05, 0.1) is 10.7 Å². The van der Waals surface area contributed by atoms with Gasteiger partial charge < -0.3 is 21.0 Å². The van der Waals surface area contributed by atoms with Gasteiger partial charge in [-0.3, -0.25) is 4.79 Å². The molecule has 4 rings (SSSR count). The van der Waals surface area contributed by atoms with Crippen LogP contribution in [0.4, 0.5) is 5.69 Å². The van der Waals surface area contributed by atoms with Gasteiger partial charge in [0.25, 0.3) is 0 Å². The number of carbonyl (C=O) groups is 1. The van der Waals surface area contributed by atoms with Crippen LogP contribution in [0.1, 0.15) is 74.8 Å². The van der Waals surface area contributed by atoms with E-state index in [0.717, 1.165) is 37.3 Å². The van der Waals surface area contributed by atoms with Crippen molar-refractivity contribution in [2.75, 3.05) is 18.9 Å². The molecule has 0 bridgehead atoms. The summed E-state index contributed by atoms with van der Waals surface area (Å²) in [5.41, 5.74) is 7.87. The van der Waals surface area contributed by atoms with E-state index < -0.39 is 11.9 Å². The van der Waals surface area contributed by atoms with E-state index in [1.807, 2.05) is 6.07 Å². The first-order valence-electron chi connectivity index (χ1n) is 11.4. The van der Waals surface area contributed by atoms with Crippen LogP contribution in [0.2, 0.25) is 5.02 Å². The van der Waals surface area contributed by atoms with Crippen molar-refractivity contribution >= 4 is 35.7 Å². The lowest BCUT2D eigenvalue weighted by Gasteiger charge is -2.33. The molecule has 2 heterocycles. The van der Waals surface area contributed by atoms with E-state index >= 15 is 0 Å². The van der Waals surface area contributed by atoms with Gasteiger partial charge in [0.2, 0.25) is 0 Å². The Bertz CT molecular complexity index is 770. The lowest BCUT2D eigenvalue weighted by atomic mass is 9.80. The molecule has 0 radical (unpaired) electrons. The number of carboxylic acids is 1. The second-order valence-corrected chi connectivity index (χ2v) is 9.67. The first kappa shape index (κ1) is 24.4. The minimum Gasteiger partial charge on any atom is -0.481 e. The topological polar surface area (TPSA) is 93.8 Å². The molecule has 2 aliphatic heterocycles. The van der Waals surface area contributed by atoms with Crippen molar-refractivity contribution in [1.82, 2.24) is 5.32 Å². The number of nitrogen functional groups attached to an aromatic ring is 1. The molecule has 1 saturated carbocycles. The number of carboxylic acid groups (broad SMARTS) is 1. The number of benzene rings is 1. The zero-order valence-electron chi connectivity index (χ0n) is 17.9. The normalized spacial score (nSPS) is 26.4. The molecule has 4 N–H and O–H groups in total. The standard InChI is InChI=1S/C23H33ClN2O4.ClH/c24-19-12-16(20-18(23(27)28)13-29-30-22(20)21(19)25)10-15-8-9-26-17(11-15)7-6-14-4-2-1-3-5-14;/h12,14-15,17-18,26H,1-11,13,25H2,(H,27,28);1H. The van der Waals surface area contributed by atoms with Crippen molar-refractivity contribution in [3.8, 4) is 5.75 Å². The van der Waals surface area contributed by atoms with E-state index in [4.69, 9.17) is 27.1 Å². The van der Waals surface area contributed by atoms with Crippen molar-refractivity contribution in [2.24, 2.45) is 11.8 Å². The number of piperidine rings is 1. The highest BCUT2D eigenvalue weighted by atomic mass is 35.5. The number of fused-ring (bicyclic) bond motifs is 1. The van der Waals surface area contributed by atoms with Gasteiger partial charge in [0.15, 0.2) is 5.75 Å². The molecule has 0 amide bonds. The summed E-state index contributed by atoms with van der Waals surface area (Å²) in [4.78, 5) is 22.1. The van der Waals surface area contributed by atoms with Crippen molar-refractivity contribution in [1.29, 1.82) is 0 Å². The molecule has 1 aromatic carbocycles. The van der Waals surface area contributed by atoms with E-state index in [1.54, 1.807) is 0 Å². The molecule has 174 valence electrons. The first-order chi connectivity index (χ1) is 14.5. The summed E-state index contributed by atoms with van der Waals surface area (Å²) < 4.78 is 0. The maximum Gasteiger partial charge on any atom is 0.313 e. The Labute approximate surface area is 195 Å². The molecule has 3 atom stereocenters. The number of nitrogens with one attached hydrogen (secondary N) is 1. The minimum atomic E-state index is -0.932. The summed E-state index contributed by atoms with van der Waals surface area (Å²) in [6.45, 7) is 0.986. The Morgan fingerprint density at radius 3 is 2.71 bits per heavy atom. The van der Waals surface area contributed by atoms with E-state index in [0.29, 0.717) is 22.5 Å². The third-order valence-electron chi connectivity index (χ3n) is 7.18. The molecular formula is C23H34Cl2N2O4. The summed E-state index contributed by atoms with van der Waals surface area (Å²) in [7, 11) is 0. The fourth-order valence-electron chi connectivity index (χ4n) is 5.51. The summed E-state index contributed by atoms with van der Waals surface area (Å²) in [5, 5.41) is 13.8.